The van der Waals surface area contributed by atoms with Gasteiger partial charge in [0.15, 0.2) is 0 Å². The number of fused-ring (bicyclic) bond motifs is 1. The SMILES string of the molecule is CN(C)C(CNC(=O)c1cc(-c2cccnc2)nc2ccccc12)c1cccs1. The van der Waals surface area contributed by atoms with Crippen molar-refractivity contribution in [1.82, 2.24) is 20.2 Å². The number of para-hydroxylation sites is 1. The van der Waals surface area contributed by atoms with Gasteiger partial charge in [0.05, 0.1) is 22.8 Å². The summed E-state index contributed by atoms with van der Waals surface area (Å²) in [7, 11) is 4.05. The summed E-state index contributed by atoms with van der Waals surface area (Å²) < 4.78 is 0. The molecule has 3 heterocycles. The molecule has 1 N–H and O–H groups in total. The van der Waals surface area contributed by atoms with Crippen molar-refractivity contribution in [2.24, 2.45) is 0 Å². The van der Waals surface area contributed by atoms with E-state index >= 15 is 0 Å². The Morgan fingerprint density at radius 1 is 1.14 bits per heavy atom. The average Bonchev–Trinajstić information content (AvgIpc) is 3.28. The van der Waals surface area contributed by atoms with Gasteiger partial charge in [0.25, 0.3) is 5.91 Å². The van der Waals surface area contributed by atoms with Crippen LogP contribution in [0.1, 0.15) is 21.3 Å². The summed E-state index contributed by atoms with van der Waals surface area (Å²) in [6.07, 6.45) is 3.49. The van der Waals surface area contributed by atoms with Crippen LogP contribution in [0, 0.1) is 0 Å². The number of likely N-dealkylation sites (N-methyl/N-ethyl adjacent to an activating group) is 1. The Hall–Kier alpha value is -3.09. The summed E-state index contributed by atoms with van der Waals surface area (Å²) in [6.45, 7) is 0.533. The lowest BCUT2D eigenvalue weighted by Crippen LogP contribution is -2.34. The van der Waals surface area contributed by atoms with E-state index in [2.05, 4.69) is 26.6 Å². The number of amides is 1. The molecule has 0 fully saturated rings. The third-order valence-corrected chi connectivity index (χ3v) is 5.84. The zero-order valence-corrected chi connectivity index (χ0v) is 17.2. The van der Waals surface area contributed by atoms with E-state index in [4.69, 9.17) is 4.98 Å². The van der Waals surface area contributed by atoms with Crippen LogP contribution in [0.15, 0.2) is 72.4 Å². The highest BCUT2D eigenvalue weighted by Crippen LogP contribution is 2.25. The zero-order valence-electron chi connectivity index (χ0n) is 16.4. The first-order valence-corrected chi connectivity index (χ1v) is 10.3. The van der Waals surface area contributed by atoms with Crippen LogP contribution in [-0.4, -0.2) is 41.4 Å². The van der Waals surface area contributed by atoms with Gasteiger partial charge >= 0.3 is 0 Å². The maximum Gasteiger partial charge on any atom is 0.252 e. The first kappa shape index (κ1) is 19.2. The van der Waals surface area contributed by atoms with E-state index < -0.39 is 0 Å². The van der Waals surface area contributed by atoms with Crippen molar-refractivity contribution in [3.05, 3.63) is 82.8 Å². The number of hydrogen-bond donors (Lipinski definition) is 1. The van der Waals surface area contributed by atoms with Gasteiger partial charge in [0.2, 0.25) is 0 Å². The van der Waals surface area contributed by atoms with Crippen LogP contribution < -0.4 is 5.32 Å². The molecular weight excluding hydrogens is 380 g/mol. The minimum absolute atomic E-state index is 0.0999. The maximum atomic E-state index is 13.2. The smallest absolute Gasteiger partial charge is 0.252 e. The second-order valence-electron chi connectivity index (χ2n) is 7.02. The van der Waals surface area contributed by atoms with E-state index in [0.29, 0.717) is 12.1 Å². The number of nitrogens with zero attached hydrogens (tertiary/aromatic N) is 3. The number of pyridine rings is 2. The summed E-state index contributed by atoms with van der Waals surface area (Å²) in [5.74, 6) is -0.0999. The Morgan fingerprint density at radius 3 is 2.72 bits per heavy atom. The van der Waals surface area contributed by atoms with E-state index in [1.165, 1.54) is 4.88 Å². The van der Waals surface area contributed by atoms with Crippen molar-refractivity contribution in [1.29, 1.82) is 0 Å². The van der Waals surface area contributed by atoms with Gasteiger partial charge in [-0.15, -0.1) is 11.3 Å². The van der Waals surface area contributed by atoms with Gasteiger partial charge < -0.3 is 10.2 Å². The Kier molecular flexibility index (Phi) is 5.64. The fraction of sp³-hybridized carbons (Fsp3) is 0.174. The van der Waals surface area contributed by atoms with Gasteiger partial charge in [0, 0.05) is 34.8 Å². The fourth-order valence-electron chi connectivity index (χ4n) is 3.33. The Labute approximate surface area is 174 Å². The molecule has 0 bridgehead atoms. The standard InChI is InChI=1S/C23H22N4OS/c1-27(2)21(22-10-6-12-29-22)15-25-23(28)18-13-20(16-7-5-11-24-14-16)26-19-9-4-3-8-17(18)19/h3-14,21H,15H2,1-2H3,(H,25,28). The van der Waals surface area contributed by atoms with E-state index in [1.54, 1.807) is 23.7 Å². The highest BCUT2D eigenvalue weighted by atomic mass is 32.1. The number of nitrogens with one attached hydrogen (secondary N) is 1. The topological polar surface area (TPSA) is 58.1 Å². The summed E-state index contributed by atoms with van der Waals surface area (Å²) >= 11 is 1.70. The van der Waals surface area contributed by atoms with Gasteiger partial charge in [-0.3, -0.25) is 9.78 Å². The Bertz CT molecular complexity index is 1110. The van der Waals surface area contributed by atoms with Crippen molar-refractivity contribution >= 4 is 28.1 Å². The number of benzene rings is 1. The number of hydrogen-bond acceptors (Lipinski definition) is 5. The summed E-state index contributed by atoms with van der Waals surface area (Å²) in [5, 5.41) is 6.02. The van der Waals surface area contributed by atoms with Crippen molar-refractivity contribution in [3.63, 3.8) is 0 Å². The van der Waals surface area contributed by atoms with Crippen LogP contribution in [0.2, 0.25) is 0 Å². The van der Waals surface area contributed by atoms with Gasteiger partial charge in [-0.2, -0.15) is 0 Å². The van der Waals surface area contributed by atoms with E-state index in [1.807, 2.05) is 62.6 Å². The van der Waals surface area contributed by atoms with E-state index in [9.17, 15) is 4.79 Å². The van der Waals surface area contributed by atoms with E-state index in [-0.39, 0.29) is 11.9 Å². The monoisotopic (exact) mass is 402 g/mol. The number of aromatic nitrogens is 2. The minimum atomic E-state index is -0.0999. The van der Waals surface area contributed by atoms with Gasteiger partial charge in [0.1, 0.15) is 0 Å². The molecule has 1 aromatic carbocycles. The number of carbonyl (C=O) groups is 1. The molecule has 1 unspecified atom stereocenters. The lowest BCUT2D eigenvalue weighted by molar-refractivity contribution is 0.0944. The molecule has 0 radical (unpaired) electrons. The molecule has 0 saturated carbocycles. The molecule has 3 aromatic heterocycles. The molecule has 29 heavy (non-hydrogen) atoms. The molecule has 5 nitrogen and oxygen atoms in total. The molecule has 146 valence electrons. The first-order valence-electron chi connectivity index (χ1n) is 9.41. The Balaban J connectivity index is 1.66. The molecule has 4 rings (SSSR count). The van der Waals surface area contributed by atoms with Crippen LogP contribution in [-0.2, 0) is 0 Å². The first-order chi connectivity index (χ1) is 14.1. The van der Waals surface area contributed by atoms with Crippen molar-refractivity contribution in [3.8, 4) is 11.3 Å². The van der Waals surface area contributed by atoms with Crippen LogP contribution in [0.5, 0.6) is 0 Å². The van der Waals surface area contributed by atoms with Gasteiger partial charge in [-0.05, 0) is 49.8 Å². The fourth-order valence-corrected chi connectivity index (χ4v) is 4.25. The molecule has 1 atom stereocenters. The van der Waals surface area contributed by atoms with Crippen molar-refractivity contribution in [2.45, 2.75) is 6.04 Å². The van der Waals surface area contributed by atoms with Crippen LogP contribution in [0.25, 0.3) is 22.2 Å². The lowest BCUT2D eigenvalue weighted by Gasteiger charge is -2.23. The number of rotatable bonds is 6. The third kappa shape index (κ3) is 4.18. The number of carbonyl (C=O) groups excluding carboxylic acids is 1. The summed E-state index contributed by atoms with van der Waals surface area (Å²) in [4.78, 5) is 25.4. The third-order valence-electron chi connectivity index (χ3n) is 4.87. The second-order valence-corrected chi connectivity index (χ2v) is 8.00. The minimum Gasteiger partial charge on any atom is -0.350 e. The van der Waals surface area contributed by atoms with Crippen molar-refractivity contribution in [2.75, 3.05) is 20.6 Å². The molecule has 0 aliphatic heterocycles. The molecular formula is C23H22N4OS. The normalized spacial score (nSPS) is 12.2. The number of thiophene rings is 1. The average molecular weight is 403 g/mol. The summed E-state index contributed by atoms with van der Waals surface area (Å²) in [6, 6.07) is 17.7. The molecule has 0 aliphatic rings. The van der Waals surface area contributed by atoms with Gasteiger partial charge in [-0.1, -0.05) is 24.3 Å². The maximum absolute atomic E-state index is 13.2. The molecule has 0 spiro atoms. The van der Waals surface area contributed by atoms with Gasteiger partial charge in [-0.25, -0.2) is 4.98 Å². The summed E-state index contributed by atoms with van der Waals surface area (Å²) in [5.41, 5.74) is 3.04. The molecule has 1 amide bonds. The predicted molar refractivity (Wildman–Crippen MR) is 118 cm³/mol. The molecule has 0 aliphatic carbocycles. The molecule has 4 aromatic rings. The van der Waals surface area contributed by atoms with Crippen molar-refractivity contribution < 1.29 is 4.79 Å². The van der Waals surface area contributed by atoms with Crippen LogP contribution >= 0.6 is 11.3 Å². The van der Waals surface area contributed by atoms with Crippen LogP contribution in [0.3, 0.4) is 0 Å². The zero-order chi connectivity index (χ0) is 20.2. The highest BCUT2D eigenvalue weighted by molar-refractivity contribution is 7.10. The Morgan fingerprint density at radius 2 is 2.00 bits per heavy atom. The van der Waals surface area contributed by atoms with Crippen LogP contribution in [0.4, 0.5) is 0 Å². The highest BCUT2D eigenvalue weighted by Gasteiger charge is 2.19. The molecule has 0 saturated heterocycles. The second kappa shape index (κ2) is 8.51. The largest absolute Gasteiger partial charge is 0.350 e. The lowest BCUT2D eigenvalue weighted by atomic mass is 10.0. The predicted octanol–water partition coefficient (Wildman–Crippen LogP) is 4.39. The van der Waals surface area contributed by atoms with E-state index in [0.717, 1.165) is 22.2 Å². The molecule has 6 heteroatoms. The quantitative estimate of drug-likeness (QED) is 0.520.